The Kier molecular flexibility index (Phi) is 3.84. The second-order valence-electron chi connectivity index (χ2n) is 5.38. The van der Waals surface area contributed by atoms with Gasteiger partial charge in [-0.1, -0.05) is 28.1 Å². The van der Waals surface area contributed by atoms with Gasteiger partial charge >= 0.3 is 6.61 Å². The van der Waals surface area contributed by atoms with Gasteiger partial charge in [0.15, 0.2) is 0 Å². The van der Waals surface area contributed by atoms with Crippen LogP contribution in [0.25, 0.3) is 0 Å². The zero-order chi connectivity index (χ0) is 15.0. The van der Waals surface area contributed by atoms with Crippen molar-refractivity contribution in [2.24, 2.45) is 7.05 Å². The third-order valence-electron chi connectivity index (χ3n) is 4.07. The van der Waals surface area contributed by atoms with Crippen LogP contribution >= 0.6 is 15.9 Å². The monoisotopic (exact) mass is 356 g/mol. The van der Waals surface area contributed by atoms with E-state index in [2.05, 4.69) is 25.7 Å². The third kappa shape index (κ3) is 2.62. The average Bonchev–Trinajstić information content (AvgIpc) is 2.79. The number of halogens is 3. The first-order valence-corrected chi connectivity index (χ1v) is 7.48. The molecule has 0 unspecified atom stereocenters. The molecule has 0 aliphatic heterocycles. The quantitative estimate of drug-likeness (QED) is 0.831. The van der Waals surface area contributed by atoms with Crippen molar-refractivity contribution < 1.29 is 13.5 Å². The molecule has 1 saturated carbocycles. The summed E-state index contributed by atoms with van der Waals surface area (Å²) in [6.45, 7) is -2.73. The molecule has 0 amide bonds. The standard InChI is InChI=1S/C15H15BrF2N2O/c1-20-6-5-19-13(20)15(8-12(9-15)21-14(17)18)10-3-2-4-11(16)7-10/h2-7,12,14H,8-9H2,1H3. The molecule has 3 nitrogen and oxygen atoms in total. The fourth-order valence-electron chi connectivity index (χ4n) is 3.12. The average molecular weight is 357 g/mol. The predicted molar refractivity (Wildman–Crippen MR) is 78.2 cm³/mol. The topological polar surface area (TPSA) is 27.1 Å². The minimum absolute atomic E-state index is 0.360. The van der Waals surface area contributed by atoms with Gasteiger partial charge < -0.3 is 9.30 Å². The fraction of sp³-hybridized carbons (Fsp3) is 0.400. The summed E-state index contributed by atoms with van der Waals surface area (Å²) in [5, 5.41) is 0. The van der Waals surface area contributed by atoms with E-state index >= 15 is 0 Å². The molecule has 2 aromatic rings. The fourth-order valence-corrected chi connectivity index (χ4v) is 3.52. The molecule has 1 aliphatic rings. The van der Waals surface area contributed by atoms with Crippen LogP contribution in [0.4, 0.5) is 8.78 Å². The van der Waals surface area contributed by atoms with Crippen molar-refractivity contribution >= 4 is 15.9 Å². The molecule has 0 saturated heterocycles. The number of hydrogen-bond acceptors (Lipinski definition) is 2. The summed E-state index contributed by atoms with van der Waals surface area (Å²) < 4.78 is 32.3. The SMILES string of the molecule is Cn1ccnc1C1(c2cccc(Br)c2)CC(OC(F)F)C1. The zero-order valence-corrected chi connectivity index (χ0v) is 13.1. The lowest BCUT2D eigenvalue weighted by Gasteiger charge is -2.47. The van der Waals surface area contributed by atoms with E-state index in [0.717, 1.165) is 15.9 Å². The van der Waals surface area contributed by atoms with Crippen molar-refractivity contribution in [3.05, 3.63) is 52.5 Å². The van der Waals surface area contributed by atoms with Crippen molar-refractivity contribution in [1.82, 2.24) is 9.55 Å². The normalized spacial score (nSPS) is 25.1. The smallest absolute Gasteiger partial charge is 0.337 e. The van der Waals surface area contributed by atoms with Gasteiger partial charge in [-0.05, 0) is 30.5 Å². The summed E-state index contributed by atoms with van der Waals surface area (Å²) in [5.41, 5.74) is 0.710. The van der Waals surface area contributed by atoms with Crippen molar-refractivity contribution in [3.63, 3.8) is 0 Å². The first kappa shape index (κ1) is 14.7. The van der Waals surface area contributed by atoms with Gasteiger partial charge in [0.2, 0.25) is 0 Å². The molecule has 1 aliphatic carbocycles. The number of alkyl halides is 2. The highest BCUT2D eigenvalue weighted by Crippen LogP contribution is 2.50. The first-order chi connectivity index (χ1) is 10.0. The minimum Gasteiger partial charge on any atom is -0.337 e. The highest BCUT2D eigenvalue weighted by atomic mass is 79.9. The van der Waals surface area contributed by atoms with E-state index in [-0.39, 0.29) is 5.41 Å². The maximum atomic E-state index is 12.4. The van der Waals surface area contributed by atoms with Gasteiger partial charge in [0, 0.05) is 23.9 Å². The van der Waals surface area contributed by atoms with Crippen molar-refractivity contribution in [2.75, 3.05) is 0 Å². The summed E-state index contributed by atoms with van der Waals surface area (Å²) in [7, 11) is 1.92. The van der Waals surface area contributed by atoms with Gasteiger partial charge in [-0.15, -0.1) is 0 Å². The number of nitrogens with zero attached hydrogens (tertiary/aromatic N) is 2. The molecule has 1 aromatic heterocycles. The van der Waals surface area contributed by atoms with E-state index in [1.165, 1.54) is 0 Å². The molecular formula is C15H15BrF2N2O. The Morgan fingerprint density at radius 1 is 1.43 bits per heavy atom. The second kappa shape index (κ2) is 5.50. The van der Waals surface area contributed by atoms with Gasteiger partial charge in [0.25, 0.3) is 0 Å². The number of aryl methyl sites for hydroxylation is 1. The second-order valence-corrected chi connectivity index (χ2v) is 6.30. The summed E-state index contributed by atoms with van der Waals surface area (Å²) in [6.07, 6.45) is 4.20. The third-order valence-corrected chi connectivity index (χ3v) is 4.57. The van der Waals surface area contributed by atoms with Gasteiger partial charge in [-0.2, -0.15) is 8.78 Å². The van der Waals surface area contributed by atoms with Crippen LogP contribution in [0.3, 0.4) is 0 Å². The Balaban J connectivity index is 1.96. The van der Waals surface area contributed by atoms with E-state index in [1.807, 2.05) is 42.1 Å². The Morgan fingerprint density at radius 2 is 2.19 bits per heavy atom. The Labute approximate surface area is 130 Å². The molecule has 3 rings (SSSR count). The molecule has 112 valence electrons. The number of hydrogen-bond donors (Lipinski definition) is 0. The lowest BCUT2D eigenvalue weighted by molar-refractivity contribution is -0.192. The van der Waals surface area contributed by atoms with Crippen LogP contribution in [0.15, 0.2) is 41.1 Å². The van der Waals surface area contributed by atoms with E-state index in [1.54, 1.807) is 6.20 Å². The number of aromatic nitrogens is 2. The molecule has 1 heterocycles. The van der Waals surface area contributed by atoms with Crippen molar-refractivity contribution in [1.29, 1.82) is 0 Å². The Morgan fingerprint density at radius 3 is 2.76 bits per heavy atom. The zero-order valence-electron chi connectivity index (χ0n) is 11.5. The molecule has 0 spiro atoms. The van der Waals surface area contributed by atoms with Gasteiger partial charge in [-0.3, -0.25) is 0 Å². The molecule has 1 aromatic carbocycles. The van der Waals surface area contributed by atoms with Crippen LogP contribution < -0.4 is 0 Å². The number of rotatable bonds is 4. The van der Waals surface area contributed by atoms with E-state index < -0.39 is 12.7 Å². The van der Waals surface area contributed by atoms with Crippen LogP contribution in [-0.4, -0.2) is 22.3 Å². The number of benzene rings is 1. The Bertz CT molecular complexity index is 638. The molecule has 0 radical (unpaired) electrons. The van der Waals surface area contributed by atoms with Gasteiger partial charge in [0.05, 0.1) is 11.5 Å². The molecule has 0 atom stereocenters. The summed E-state index contributed by atoms with van der Waals surface area (Å²) in [4.78, 5) is 4.43. The lowest BCUT2D eigenvalue weighted by atomic mass is 9.62. The highest BCUT2D eigenvalue weighted by Gasteiger charge is 2.50. The summed E-state index contributed by atoms with van der Waals surface area (Å²) >= 11 is 3.47. The van der Waals surface area contributed by atoms with E-state index in [9.17, 15) is 8.78 Å². The van der Waals surface area contributed by atoms with E-state index in [0.29, 0.717) is 12.8 Å². The number of ether oxygens (including phenoxy) is 1. The van der Waals surface area contributed by atoms with Crippen LogP contribution in [0.1, 0.15) is 24.2 Å². The number of imidazole rings is 1. The first-order valence-electron chi connectivity index (χ1n) is 6.69. The van der Waals surface area contributed by atoms with Crippen LogP contribution in [0, 0.1) is 0 Å². The maximum absolute atomic E-state index is 12.4. The maximum Gasteiger partial charge on any atom is 0.345 e. The lowest BCUT2D eigenvalue weighted by Crippen LogP contribution is -2.48. The Hall–Kier alpha value is -1.27. The molecule has 6 heteroatoms. The highest BCUT2D eigenvalue weighted by molar-refractivity contribution is 9.10. The van der Waals surface area contributed by atoms with Gasteiger partial charge in [0.1, 0.15) is 5.82 Å². The van der Waals surface area contributed by atoms with Crippen molar-refractivity contribution in [3.8, 4) is 0 Å². The van der Waals surface area contributed by atoms with Crippen LogP contribution in [0.5, 0.6) is 0 Å². The van der Waals surface area contributed by atoms with Crippen molar-refractivity contribution in [2.45, 2.75) is 31.0 Å². The molecular weight excluding hydrogens is 342 g/mol. The molecule has 0 N–H and O–H groups in total. The van der Waals surface area contributed by atoms with Crippen LogP contribution in [-0.2, 0) is 17.2 Å². The summed E-state index contributed by atoms with van der Waals surface area (Å²) in [5.74, 6) is 0.884. The molecule has 0 bridgehead atoms. The minimum atomic E-state index is -2.73. The predicted octanol–water partition coefficient (Wildman–Crippen LogP) is 3.87. The summed E-state index contributed by atoms with van der Waals surface area (Å²) in [6, 6.07) is 7.93. The largest absolute Gasteiger partial charge is 0.345 e. The molecule has 1 fully saturated rings. The van der Waals surface area contributed by atoms with Crippen LogP contribution in [0.2, 0.25) is 0 Å². The van der Waals surface area contributed by atoms with Gasteiger partial charge in [-0.25, -0.2) is 4.98 Å². The molecule has 21 heavy (non-hydrogen) atoms. The van der Waals surface area contributed by atoms with E-state index in [4.69, 9.17) is 0 Å².